The van der Waals surface area contributed by atoms with Crippen molar-refractivity contribution in [3.63, 3.8) is 0 Å². The molecule has 1 heterocycles. The molecule has 2 rings (SSSR count). The first-order valence-corrected chi connectivity index (χ1v) is 5.34. The molecule has 0 aliphatic rings. The number of hydrogen-bond acceptors (Lipinski definition) is 4. The predicted octanol–water partition coefficient (Wildman–Crippen LogP) is 1.16. The van der Waals surface area contributed by atoms with E-state index in [2.05, 4.69) is 5.10 Å². The summed E-state index contributed by atoms with van der Waals surface area (Å²) in [6.45, 7) is 1.56. The number of nitrogens with two attached hydrogens (primary N) is 1. The SMILES string of the molecule is Cc1c(C(=O)O)nn(-c2ccc(C(=O)O)cc2)c1N. The van der Waals surface area contributed by atoms with Crippen LogP contribution in [0.5, 0.6) is 0 Å². The van der Waals surface area contributed by atoms with Crippen LogP contribution >= 0.6 is 0 Å². The third-order valence-electron chi connectivity index (χ3n) is 2.73. The first-order chi connectivity index (χ1) is 8.91. The molecule has 0 amide bonds. The van der Waals surface area contributed by atoms with Gasteiger partial charge in [0.05, 0.1) is 11.3 Å². The standard InChI is InChI=1S/C12H11N3O4/c1-6-9(12(18)19)14-15(10(6)13)8-4-2-7(3-5-8)11(16)17/h2-5H,13H2,1H3,(H,16,17)(H,18,19). The average Bonchev–Trinajstić information content (AvgIpc) is 2.67. The molecule has 2 aromatic rings. The summed E-state index contributed by atoms with van der Waals surface area (Å²) in [7, 11) is 0. The highest BCUT2D eigenvalue weighted by Crippen LogP contribution is 2.20. The maximum Gasteiger partial charge on any atom is 0.356 e. The molecular formula is C12H11N3O4. The molecule has 0 saturated carbocycles. The second-order valence-electron chi connectivity index (χ2n) is 3.93. The number of aromatic nitrogens is 2. The molecule has 0 bridgehead atoms. The lowest BCUT2D eigenvalue weighted by Gasteiger charge is -2.04. The minimum Gasteiger partial charge on any atom is -0.478 e. The van der Waals surface area contributed by atoms with E-state index < -0.39 is 11.9 Å². The van der Waals surface area contributed by atoms with Gasteiger partial charge < -0.3 is 15.9 Å². The van der Waals surface area contributed by atoms with Crippen LogP contribution in [0.4, 0.5) is 5.82 Å². The molecule has 0 saturated heterocycles. The van der Waals surface area contributed by atoms with Gasteiger partial charge in [-0.2, -0.15) is 5.10 Å². The fourth-order valence-corrected chi connectivity index (χ4v) is 1.65. The van der Waals surface area contributed by atoms with E-state index in [0.717, 1.165) is 0 Å². The van der Waals surface area contributed by atoms with Crippen LogP contribution in [0.3, 0.4) is 0 Å². The van der Waals surface area contributed by atoms with Crippen LogP contribution in [0.25, 0.3) is 5.69 Å². The molecule has 98 valence electrons. The van der Waals surface area contributed by atoms with E-state index in [0.29, 0.717) is 11.3 Å². The van der Waals surface area contributed by atoms with Crippen molar-refractivity contribution in [2.75, 3.05) is 5.73 Å². The number of anilines is 1. The quantitative estimate of drug-likeness (QED) is 0.762. The van der Waals surface area contributed by atoms with Gasteiger partial charge in [-0.1, -0.05) is 0 Å². The van der Waals surface area contributed by atoms with E-state index in [1.165, 1.54) is 28.9 Å². The Bertz CT molecular complexity index is 658. The summed E-state index contributed by atoms with van der Waals surface area (Å²) in [6.07, 6.45) is 0. The van der Waals surface area contributed by atoms with Gasteiger partial charge in [-0.15, -0.1) is 0 Å². The molecule has 0 atom stereocenters. The highest BCUT2D eigenvalue weighted by molar-refractivity contribution is 5.89. The zero-order chi connectivity index (χ0) is 14.2. The van der Waals surface area contributed by atoms with Gasteiger partial charge in [0.2, 0.25) is 0 Å². The number of nitrogens with zero attached hydrogens (tertiary/aromatic N) is 2. The van der Waals surface area contributed by atoms with E-state index in [1.807, 2.05) is 0 Å². The molecule has 0 aliphatic carbocycles. The maximum atomic E-state index is 11.0. The van der Waals surface area contributed by atoms with Crippen LogP contribution in [0.2, 0.25) is 0 Å². The van der Waals surface area contributed by atoms with Crippen molar-refractivity contribution in [1.29, 1.82) is 0 Å². The number of aromatic carboxylic acids is 2. The third kappa shape index (κ3) is 2.13. The molecule has 1 aromatic carbocycles. The van der Waals surface area contributed by atoms with Crippen LogP contribution in [-0.4, -0.2) is 31.9 Å². The van der Waals surface area contributed by atoms with Crippen LogP contribution in [0, 0.1) is 6.92 Å². The lowest BCUT2D eigenvalue weighted by atomic mass is 10.2. The first kappa shape index (κ1) is 12.6. The topological polar surface area (TPSA) is 118 Å². The fraction of sp³-hybridized carbons (Fsp3) is 0.0833. The summed E-state index contributed by atoms with van der Waals surface area (Å²) in [5.41, 5.74) is 6.66. The number of hydrogen-bond donors (Lipinski definition) is 3. The van der Waals surface area contributed by atoms with Gasteiger partial charge in [0.1, 0.15) is 5.82 Å². The molecule has 0 aliphatic heterocycles. The Morgan fingerprint density at radius 3 is 2.16 bits per heavy atom. The zero-order valence-corrected chi connectivity index (χ0v) is 9.99. The molecule has 7 nitrogen and oxygen atoms in total. The normalized spacial score (nSPS) is 10.4. The van der Waals surface area contributed by atoms with Gasteiger partial charge in [-0.3, -0.25) is 0 Å². The van der Waals surface area contributed by atoms with E-state index >= 15 is 0 Å². The number of benzene rings is 1. The first-order valence-electron chi connectivity index (χ1n) is 5.34. The molecule has 7 heteroatoms. The molecule has 1 aromatic heterocycles. The second kappa shape index (κ2) is 4.45. The summed E-state index contributed by atoms with van der Waals surface area (Å²) in [5.74, 6) is -1.99. The number of carbonyl (C=O) groups is 2. The van der Waals surface area contributed by atoms with Crippen LogP contribution in [0.15, 0.2) is 24.3 Å². The Morgan fingerprint density at radius 1 is 1.16 bits per heavy atom. The predicted molar refractivity (Wildman–Crippen MR) is 66.6 cm³/mol. The lowest BCUT2D eigenvalue weighted by molar-refractivity contribution is 0.0682. The lowest BCUT2D eigenvalue weighted by Crippen LogP contribution is -2.04. The van der Waals surface area contributed by atoms with E-state index in [-0.39, 0.29) is 17.1 Å². The molecule has 4 N–H and O–H groups in total. The summed E-state index contributed by atoms with van der Waals surface area (Å²) in [6, 6.07) is 5.82. The summed E-state index contributed by atoms with van der Waals surface area (Å²) in [4.78, 5) is 21.7. The third-order valence-corrected chi connectivity index (χ3v) is 2.73. The van der Waals surface area contributed by atoms with E-state index in [1.54, 1.807) is 6.92 Å². The fourth-order valence-electron chi connectivity index (χ4n) is 1.65. The van der Waals surface area contributed by atoms with Crippen molar-refractivity contribution >= 4 is 17.8 Å². The Balaban J connectivity index is 2.50. The van der Waals surface area contributed by atoms with Crippen molar-refractivity contribution < 1.29 is 19.8 Å². The average molecular weight is 261 g/mol. The van der Waals surface area contributed by atoms with Crippen molar-refractivity contribution in [2.45, 2.75) is 6.92 Å². The van der Waals surface area contributed by atoms with Crippen LogP contribution in [-0.2, 0) is 0 Å². The molecule has 0 fully saturated rings. The van der Waals surface area contributed by atoms with Gasteiger partial charge in [-0.25, -0.2) is 14.3 Å². The highest BCUT2D eigenvalue weighted by Gasteiger charge is 2.18. The van der Waals surface area contributed by atoms with Gasteiger partial charge in [0.15, 0.2) is 5.69 Å². The smallest absolute Gasteiger partial charge is 0.356 e. The minimum absolute atomic E-state index is 0.125. The molecule has 0 unspecified atom stereocenters. The van der Waals surface area contributed by atoms with Crippen LogP contribution < -0.4 is 5.73 Å². The van der Waals surface area contributed by atoms with Crippen LogP contribution in [0.1, 0.15) is 26.4 Å². The van der Waals surface area contributed by atoms with E-state index in [4.69, 9.17) is 15.9 Å². The van der Waals surface area contributed by atoms with E-state index in [9.17, 15) is 9.59 Å². The second-order valence-corrected chi connectivity index (χ2v) is 3.93. The van der Waals surface area contributed by atoms with Gasteiger partial charge in [0, 0.05) is 5.56 Å². The molecular weight excluding hydrogens is 250 g/mol. The van der Waals surface area contributed by atoms with Crippen molar-refractivity contribution in [1.82, 2.24) is 9.78 Å². The highest BCUT2D eigenvalue weighted by atomic mass is 16.4. The Morgan fingerprint density at radius 2 is 1.74 bits per heavy atom. The summed E-state index contributed by atoms with van der Waals surface area (Å²) < 4.78 is 1.27. The van der Waals surface area contributed by atoms with Crippen molar-refractivity contribution in [3.05, 3.63) is 41.1 Å². The Kier molecular flexibility index (Phi) is 2.95. The monoisotopic (exact) mass is 261 g/mol. The summed E-state index contributed by atoms with van der Waals surface area (Å²) >= 11 is 0. The number of rotatable bonds is 3. The molecule has 19 heavy (non-hydrogen) atoms. The largest absolute Gasteiger partial charge is 0.478 e. The van der Waals surface area contributed by atoms with Crippen molar-refractivity contribution in [2.24, 2.45) is 0 Å². The zero-order valence-electron chi connectivity index (χ0n) is 9.99. The van der Waals surface area contributed by atoms with Gasteiger partial charge in [-0.05, 0) is 31.2 Å². The minimum atomic E-state index is -1.16. The van der Waals surface area contributed by atoms with Gasteiger partial charge >= 0.3 is 11.9 Å². The molecule has 0 radical (unpaired) electrons. The molecule has 0 spiro atoms. The van der Waals surface area contributed by atoms with Crippen molar-refractivity contribution in [3.8, 4) is 5.69 Å². The number of carboxylic acids is 2. The summed E-state index contributed by atoms with van der Waals surface area (Å²) in [5, 5.41) is 21.7. The Hall–Kier alpha value is -2.83. The van der Waals surface area contributed by atoms with Gasteiger partial charge in [0.25, 0.3) is 0 Å². The number of nitrogen functional groups attached to an aromatic ring is 1. The Labute approximate surface area is 107 Å². The maximum absolute atomic E-state index is 11.0. The number of carboxylic acid groups (broad SMARTS) is 2.